The second-order valence-corrected chi connectivity index (χ2v) is 6.77. The van der Waals surface area contributed by atoms with Crippen molar-refractivity contribution >= 4 is 11.8 Å². The minimum atomic E-state index is -0.314. The number of carbonyl (C=O) groups is 2. The van der Waals surface area contributed by atoms with Crippen molar-refractivity contribution in [1.29, 1.82) is 0 Å². The van der Waals surface area contributed by atoms with Gasteiger partial charge in [-0.15, -0.1) is 0 Å². The number of rotatable bonds is 2. The molecule has 1 N–H and O–H groups in total. The van der Waals surface area contributed by atoms with E-state index in [2.05, 4.69) is 12.2 Å². The summed E-state index contributed by atoms with van der Waals surface area (Å²) >= 11 is 0. The minimum absolute atomic E-state index is 0.0308. The number of nitrogens with one attached hydrogen (secondary N) is 1. The van der Waals surface area contributed by atoms with Gasteiger partial charge >= 0.3 is 0 Å². The Bertz CT molecular complexity index is 397. The van der Waals surface area contributed by atoms with Gasteiger partial charge in [0.15, 0.2) is 0 Å². The summed E-state index contributed by atoms with van der Waals surface area (Å²) in [6.45, 7) is 4.04. The van der Waals surface area contributed by atoms with Crippen LogP contribution in [-0.2, 0) is 9.59 Å². The van der Waals surface area contributed by atoms with Crippen molar-refractivity contribution in [3.8, 4) is 0 Å². The second kappa shape index (κ2) is 4.50. The van der Waals surface area contributed by atoms with Crippen LogP contribution in [-0.4, -0.2) is 34.3 Å². The van der Waals surface area contributed by atoms with Crippen LogP contribution in [0.5, 0.6) is 0 Å². The number of nitrogens with zero attached hydrogens (tertiary/aromatic N) is 1. The van der Waals surface area contributed by atoms with Crippen molar-refractivity contribution in [1.82, 2.24) is 10.2 Å². The molecule has 1 heterocycles. The molecule has 2 amide bonds. The first-order valence-corrected chi connectivity index (χ1v) is 7.66. The summed E-state index contributed by atoms with van der Waals surface area (Å²) < 4.78 is 0. The molecule has 3 aliphatic rings. The molecule has 1 aliphatic heterocycles. The van der Waals surface area contributed by atoms with Crippen molar-refractivity contribution in [3.63, 3.8) is 0 Å². The average molecular weight is 264 g/mol. The molecule has 19 heavy (non-hydrogen) atoms. The molecule has 2 unspecified atom stereocenters. The quantitative estimate of drug-likeness (QED) is 0.827. The number of hydrogen-bond acceptors (Lipinski definition) is 2. The summed E-state index contributed by atoms with van der Waals surface area (Å²) in [6.07, 6.45) is 7.82. The molecule has 106 valence electrons. The van der Waals surface area contributed by atoms with Crippen LogP contribution < -0.4 is 5.32 Å². The predicted molar refractivity (Wildman–Crippen MR) is 72.5 cm³/mol. The number of piperazine rings is 1. The summed E-state index contributed by atoms with van der Waals surface area (Å²) in [5.41, 5.74) is -0.111. The Labute approximate surface area is 114 Å². The maximum atomic E-state index is 12.8. The fraction of sp³-hybridized carbons (Fsp3) is 0.867. The van der Waals surface area contributed by atoms with Crippen LogP contribution in [0.1, 0.15) is 58.8 Å². The van der Waals surface area contributed by atoms with Gasteiger partial charge in [-0.3, -0.25) is 9.59 Å². The Morgan fingerprint density at radius 3 is 2.37 bits per heavy atom. The standard InChI is InChI=1S/C15H24N2O2/c1-10-13(18)16-12(11-6-7-11)14(19)17(10)15(2)8-4-3-5-9-15/h10-12H,3-9H2,1-2H3,(H,16,18). The highest BCUT2D eigenvalue weighted by atomic mass is 16.2. The minimum Gasteiger partial charge on any atom is -0.342 e. The Morgan fingerprint density at radius 1 is 1.16 bits per heavy atom. The fourth-order valence-electron chi connectivity index (χ4n) is 3.83. The van der Waals surface area contributed by atoms with Crippen LogP contribution in [0.3, 0.4) is 0 Å². The highest BCUT2D eigenvalue weighted by Gasteiger charge is 2.50. The van der Waals surface area contributed by atoms with Crippen LogP contribution in [0.2, 0.25) is 0 Å². The van der Waals surface area contributed by atoms with Gasteiger partial charge in [-0.1, -0.05) is 19.3 Å². The Hall–Kier alpha value is -1.06. The molecule has 0 aromatic carbocycles. The van der Waals surface area contributed by atoms with Gasteiger partial charge < -0.3 is 10.2 Å². The van der Waals surface area contributed by atoms with E-state index in [1.807, 2.05) is 11.8 Å². The summed E-state index contributed by atoms with van der Waals surface area (Å²) in [5, 5.41) is 2.93. The zero-order valence-electron chi connectivity index (χ0n) is 11.9. The number of carbonyl (C=O) groups excluding carboxylic acids is 2. The SMILES string of the molecule is CC1C(=O)NC(C2CC2)C(=O)N1C1(C)CCCCC1. The van der Waals surface area contributed by atoms with Crippen molar-refractivity contribution < 1.29 is 9.59 Å². The molecule has 4 nitrogen and oxygen atoms in total. The van der Waals surface area contributed by atoms with Crippen LogP contribution in [0.4, 0.5) is 0 Å². The van der Waals surface area contributed by atoms with E-state index < -0.39 is 0 Å². The van der Waals surface area contributed by atoms with Gasteiger partial charge in [-0.2, -0.15) is 0 Å². The highest BCUT2D eigenvalue weighted by Crippen LogP contribution is 2.40. The largest absolute Gasteiger partial charge is 0.342 e. The lowest BCUT2D eigenvalue weighted by molar-refractivity contribution is -0.157. The van der Waals surface area contributed by atoms with Crippen LogP contribution in [0.25, 0.3) is 0 Å². The average Bonchev–Trinajstić information content (AvgIpc) is 3.19. The molecule has 1 saturated heterocycles. The number of amides is 2. The zero-order valence-corrected chi connectivity index (χ0v) is 11.9. The molecule has 0 bridgehead atoms. The molecule has 0 radical (unpaired) electrons. The lowest BCUT2D eigenvalue weighted by Crippen LogP contribution is -2.69. The Morgan fingerprint density at radius 2 is 1.79 bits per heavy atom. The van der Waals surface area contributed by atoms with E-state index in [1.54, 1.807) is 0 Å². The van der Waals surface area contributed by atoms with Gasteiger partial charge in [0.05, 0.1) is 0 Å². The maximum absolute atomic E-state index is 12.8. The molecule has 2 atom stereocenters. The molecule has 3 fully saturated rings. The monoisotopic (exact) mass is 264 g/mol. The number of hydrogen-bond donors (Lipinski definition) is 1. The van der Waals surface area contributed by atoms with E-state index in [4.69, 9.17) is 0 Å². The van der Waals surface area contributed by atoms with E-state index in [0.717, 1.165) is 25.7 Å². The fourth-order valence-corrected chi connectivity index (χ4v) is 3.83. The summed E-state index contributed by atoms with van der Waals surface area (Å²) in [6, 6.07) is -0.562. The molecular weight excluding hydrogens is 240 g/mol. The molecule has 3 rings (SSSR count). The second-order valence-electron chi connectivity index (χ2n) is 6.77. The third-order valence-corrected chi connectivity index (χ3v) is 5.17. The summed E-state index contributed by atoms with van der Waals surface area (Å²) in [4.78, 5) is 26.9. The van der Waals surface area contributed by atoms with Crippen molar-refractivity contribution in [3.05, 3.63) is 0 Å². The predicted octanol–water partition coefficient (Wildman–Crippen LogP) is 1.83. The molecule has 0 aromatic rings. The van der Waals surface area contributed by atoms with E-state index >= 15 is 0 Å². The zero-order chi connectivity index (χ0) is 13.6. The van der Waals surface area contributed by atoms with Crippen LogP contribution in [0.15, 0.2) is 0 Å². The topological polar surface area (TPSA) is 49.4 Å². The van der Waals surface area contributed by atoms with Gasteiger partial charge in [0.25, 0.3) is 0 Å². The Balaban J connectivity index is 1.87. The first-order chi connectivity index (χ1) is 9.03. The van der Waals surface area contributed by atoms with E-state index in [0.29, 0.717) is 5.92 Å². The third-order valence-electron chi connectivity index (χ3n) is 5.17. The first kappa shape index (κ1) is 12.9. The van der Waals surface area contributed by atoms with E-state index in [-0.39, 0.29) is 29.4 Å². The molecule has 2 saturated carbocycles. The van der Waals surface area contributed by atoms with Gasteiger partial charge in [0.1, 0.15) is 12.1 Å². The van der Waals surface area contributed by atoms with Crippen LogP contribution in [0, 0.1) is 5.92 Å². The molecular formula is C15H24N2O2. The third kappa shape index (κ3) is 2.15. The van der Waals surface area contributed by atoms with Crippen molar-refractivity contribution in [2.45, 2.75) is 76.4 Å². The van der Waals surface area contributed by atoms with Crippen molar-refractivity contribution in [2.75, 3.05) is 0 Å². The lowest BCUT2D eigenvalue weighted by Gasteiger charge is -2.50. The van der Waals surface area contributed by atoms with Crippen LogP contribution >= 0.6 is 0 Å². The normalized spacial score (nSPS) is 35.2. The van der Waals surface area contributed by atoms with Gasteiger partial charge in [0.2, 0.25) is 11.8 Å². The van der Waals surface area contributed by atoms with E-state index in [9.17, 15) is 9.59 Å². The van der Waals surface area contributed by atoms with Crippen molar-refractivity contribution in [2.24, 2.45) is 5.92 Å². The molecule has 2 aliphatic carbocycles. The summed E-state index contributed by atoms with van der Waals surface area (Å²) in [5.74, 6) is 0.584. The molecule has 0 spiro atoms. The van der Waals surface area contributed by atoms with E-state index in [1.165, 1.54) is 19.3 Å². The summed E-state index contributed by atoms with van der Waals surface area (Å²) in [7, 11) is 0. The lowest BCUT2D eigenvalue weighted by atomic mass is 9.80. The van der Waals surface area contributed by atoms with Gasteiger partial charge in [0, 0.05) is 5.54 Å². The molecule has 4 heteroatoms. The first-order valence-electron chi connectivity index (χ1n) is 7.66. The highest BCUT2D eigenvalue weighted by molar-refractivity contribution is 5.97. The van der Waals surface area contributed by atoms with Gasteiger partial charge in [-0.05, 0) is 45.4 Å². The smallest absolute Gasteiger partial charge is 0.246 e. The maximum Gasteiger partial charge on any atom is 0.246 e. The van der Waals surface area contributed by atoms with Gasteiger partial charge in [-0.25, -0.2) is 0 Å². The molecule has 0 aromatic heterocycles. The Kier molecular flexibility index (Phi) is 3.06.